The number of hydrogen-bond donors (Lipinski definition) is 1. The van der Waals surface area contributed by atoms with Gasteiger partial charge in [0.25, 0.3) is 0 Å². The van der Waals surface area contributed by atoms with Gasteiger partial charge in [-0.15, -0.1) is 18.1 Å². The first kappa shape index (κ1) is 21.6. The summed E-state index contributed by atoms with van der Waals surface area (Å²) in [6, 6.07) is 7.94. The van der Waals surface area contributed by atoms with Gasteiger partial charge in [-0.3, -0.25) is 0 Å². The van der Waals surface area contributed by atoms with Gasteiger partial charge >= 0.3 is 0 Å². The van der Waals surface area contributed by atoms with E-state index < -0.39 is 8.32 Å². The third kappa shape index (κ3) is 6.14. The molecule has 0 aliphatic rings. The average Bonchev–Trinajstić information content (AvgIpc) is 2.51. The second kappa shape index (κ2) is 9.32. The lowest BCUT2D eigenvalue weighted by molar-refractivity contribution is 0.176. The van der Waals surface area contributed by atoms with Crippen LogP contribution in [0.5, 0.6) is 0 Å². The molecule has 0 aliphatic carbocycles. The molecule has 0 aliphatic heterocycles. The average molecular weight is 374 g/mol. The smallest absolute Gasteiger partial charge is 0.130 e. The SMILES string of the molecule is CC[Si-](CC)(CC)OC(CNCC(C)(C)C)c1c(F)cccc1Cl. The molecular weight excluding hydrogens is 341 g/mol. The van der Waals surface area contributed by atoms with Crippen LogP contribution in [0.3, 0.4) is 0 Å². The fourth-order valence-corrected chi connectivity index (χ4v) is 5.99. The predicted octanol–water partition coefficient (Wildman–Crippen LogP) is 6.18. The Morgan fingerprint density at radius 3 is 2.21 bits per heavy atom. The second-order valence-electron chi connectivity index (χ2n) is 7.68. The van der Waals surface area contributed by atoms with Crippen LogP contribution in [0.25, 0.3) is 0 Å². The van der Waals surface area contributed by atoms with Crippen molar-refractivity contribution in [3.05, 3.63) is 34.6 Å². The van der Waals surface area contributed by atoms with Crippen molar-refractivity contribution in [2.75, 3.05) is 13.1 Å². The Morgan fingerprint density at radius 2 is 1.75 bits per heavy atom. The van der Waals surface area contributed by atoms with Gasteiger partial charge in [-0.2, -0.15) is 0 Å². The fraction of sp³-hybridized carbons (Fsp3) is 0.684. The van der Waals surface area contributed by atoms with Gasteiger partial charge in [0.1, 0.15) is 5.82 Å². The molecule has 139 valence electrons. The maximum atomic E-state index is 14.5. The van der Waals surface area contributed by atoms with Crippen LogP contribution in [-0.2, 0) is 4.43 Å². The Kier molecular flexibility index (Phi) is 8.40. The van der Waals surface area contributed by atoms with E-state index in [9.17, 15) is 4.39 Å². The van der Waals surface area contributed by atoms with E-state index in [1.54, 1.807) is 12.1 Å². The molecule has 0 fully saturated rings. The summed E-state index contributed by atoms with van der Waals surface area (Å²) >= 11 is 6.32. The molecule has 0 saturated heterocycles. The van der Waals surface area contributed by atoms with Crippen molar-refractivity contribution in [1.82, 2.24) is 5.32 Å². The molecule has 0 heterocycles. The highest BCUT2D eigenvalue weighted by Gasteiger charge is 2.25. The van der Waals surface area contributed by atoms with Crippen LogP contribution in [0.4, 0.5) is 4.39 Å². The summed E-state index contributed by atoms with van der Waals surface area (Å²) in [7, 11) is -1.87. The van der Waals surface area contributed by atoms with E-state index in [1.807, 2.05) is 0 Å². The highest BCUT2D eigenvalue weighted by molar-refractivity contribution is 6.73. The van der Waals surface area contributed by atoms with Crippen LogP contribution in [-0.4, -0.2) is 21.4 Å². The van der Waals surface area contributed by atoms with Gasteiger partial charge < -0.3 is 9.74 Å². The van der Waals surface area contributed by atoms with Crippen molar-refractivity contribution in [3.8, 4) is 0 Å². The molecule has 0 aromatic heterocycles. The number of halogens is 2. The molecule has 0 amide bonds. The minimum absolute atomic E-state index is 0.165. The summed E-state index contributed by atoms with van der Waals surface area (Å²) in [5.41, 5.74) is 0.658. The second-order valence-corrected chi connectivity index (χ2v) is 12.8. The normalized spacial score (nSPS) is 14.0. The molecule has 1 N–H and O–H groups in total. The number of nitrogens with one attached hydrogen (secondary N) is 1. The van der Waals surface area contributed by atoms with E-state index in [1.165, 1.54) is 6.07 Å². The summed E-state index contributed by atoms with van der Waals surface area (Å²) in [5, 5.41) is 3.89. The summed E-state index contributed by atoms with van der Waals surface area (Å²) < 4.78 is 21.1. The fourth-order valence-electron chi connectivity index (χ4n) is 2.90. The molecule has 1 aromatic carbocycles. The van der Waals surface area contributed by atoms with Crippen molar-refractivity contribution in [3.63, 3.8) is 0 Å². The van der Waals surface area contributed by atoms with Crippen LogP contribution in [0, 0.1) is 11.2 Å². The Bertz CT molecular complexity index is 486. The maximum Gasteiger partial charge on any atom is 0.130 e. The first-order chi connectivity index (χ1) is 11.2. The third-order valence-corrected chi connectivity index (χ3v) is 9.61. The van der Waals surface area contributed by atoms with Crippen LogP contribution in [0.1, 0.15) is 53.2 Å². The molecule has 0 spiro atoms. The Balaban J connectivity index is 3.07. The van der Waals surface area contributed by atoms with Gasteiger partial charge in [0.15, 0.2) is 0 Å². The minimum atomic E-state index is -1.87. The zero-order valence-corrected chi connectivity index (χ0v) is 17.8. The first-order valence-electron chi connectivity index (χ1n) is 9.00. The van der Waals surface area contributed by atoms with E-state index in [2.05, 4.69) is 46.9 Å². The lowest BCUT2D eigenvalue weighted by Crippen LogP contribution is -2.41. The molecule has 1 atom stereocenters. The topological polar surface area (TPSA) is 21.3 Å². The number of benzene rings is 1. The molecule has 5 heteroatoms. The molecule has 24 heavy (non-hydrogen) atoms. The quantitative estimate of drug-likeness (QED) is 0.522. The van der Waals surface area contributed by atoms with Crippen LogP contribution in [0.15, 0.2) is 18.2 Å². The summed E-state index contributed by atoms with van der Waals surface area (Å²) in [6.45, 7) is 14.5. The van der Waals surface area contributed by atoms with Gasteiger partial charge in [-0.05, 0) is 25.9 Å². The predicted molar refractivity (Wildman–Crippen MR) is 105 cm³/mol. The Labute approximate surface area is 153 Å². The standard InChI is InChI=1S/C19H33ClFNOSi/c1-7-24(8-2,9-3)23-17(13-22-14-19(4,5)6)18-15(20)11-10-12-16(18)21/h10-12,17,22H,7-9,13-14H2,1-6H3/q-1. The third-order valence-electron chi connectivity index (χ3n) is 4.63. The van der Waals surface area contributed by atoms with Crippen molar-refractivity contribution >= 4 is 19.9 Å². The highest BCUT2D eigenvalue weighted by atomic mass is 35.5. The summed E-state index contributed by atoms with van der Waals surface area (Å²) in [5.74, 6) is -0.281. The van der Waals surface area contributed by atoms with Gasteiger partial charge in [-0.25, -0.2) is 4.39 Å². The van der Waals surface area contributed by atoms with E-state index in [0.717, 1.165) is 24.7 Å². The van der Waals surface area contributed by atoms with Crippen LogP contribution in [0.2, 0.25) is 23.2 Å². The van der Waals surface area contributed by atoms with Gasteiger partial charge in [0.2, 0.25) is 0 Å². The van der Waals surface area contributed by atoms with Crippen molar-refractivity contribution in [2.24, 2.45) is 5.41 Å². The van der Waals surface area contributed by atoms with E-state index in [4.69, 9.17) is 16.0 Å². The Morgan fingerprint density at radius 1 is 1.17 bits per heavy atom. The van der Waals surface area contributed by atoms with Crippen molar-refractivity contribution < 1.29 is 8.82 Å². The number of hydrogen-bond acceptors (Lipinski definition) is 2. The summed E-state index contributed by atoms with van der Waals surface area (Å²) in [6.07, 6.45) is -0.340. The summed E-state index contributed by atoms with van der Waals surface area (Å²) in [4.78, 5) is 0. The van der Waals surface area contributed by atoms with E-state index >= 15 is 0 Å². The molecule has 0 radical (unpaired) electrons. The van der Waals surface area contributed by atoms with E-state index in [0.29, 0.717) is 17.1 Å². The molecule has 0 saturated carbocycles. The van der Waals surface area contributed by atoms with Gasteiger partial charge in [0, 0.05) is 23.7 Å². The highest BCUT2D eigenvalue weighted by Crippen LogP contribution is 2.34. The van der Waals surface area contributed by atoms with Crippen LogP contribution < -0.4 is 5.32 Å². The van der Waals surface area contributed by atoms with Crippen LogP contribution >= 0.6 is 11.6 Å². The molecular formula is C19H33ClFNOSi-. The molecule has 1 aromatic rings. The van der Waals surface area contributed by atoms with E-state index in [-0.39, 0.29) is 17.3 Å². The van der Waals surface area contributed by atoms with Gasteiger partial charge in [0.05, 0.1) is 6.10 Å². The minimum Gasteiger partial charge on any atom is -0.558 e. The molecule has 0 bridgehead atoms. The van der Waals surface area contributed by atoms with Gasteiger partial charge in [-0.1, -0.05) is 59.2 Å². The lowest BCUT2D eigenvalue weighted by atomic mass is 9.97. The monoisotopic (exact) mass is 373 g/mol. The molecule has 1 unspecified atom stereocenters. The first-order valence-corrected chi connectivity index (χ1v) is 11.9. The van der Waals surface area contributed by atoms with Crippen molar-refractivity contribution in [1.29, 1.82) is 0 Å². The molecule has 2 nitrogen and oxygen atoms in total. The zero-order chi connectivity index (χ0) is 18.4. The maximum absolute atomic E-state index is 14.5. The van der Waals surface area contributed by atoms with Crippen molar-refractivity contribution in [2.45, 2.75) is 65.8 Å². The largest absolute Gasteiger partial charge is 0.558 e. The zero-order valence-electron chi connectivity index (χ0n) is 16.0. The Hall–Kier alpha value is -0.423. The number of rotatable bonds is 9. The molecule has 1 rings (SSSR count). The lowest BCUT2D eigenvalue weighted by Gasteiger charge is -2.45.